The smallest absolute Gasteiger partial charge is 0.304 e. The Labute approximate surface area is 153 Å². The van der Waals surface area contributed by atoms with Crippen LogP contribution < -0.4 is 5.32 Å². The lowest BCUT2D eigenvalue weighted by Crippen LogP contribution is -2.18. The van der Waals surface area contributed by atoms with E-state index in [4.69, 9.17) is 0 Å². The zero-order valence-corrected chi connectivity index (χ0v) is 14.7. The Morgan fingerprint density at radius 1 is 1.08 bits per heavy atom. The van der Waals surface area contributed by atoms with Crippen LogP contribution in [0.5, 0.6) is 0 Å². The molecule has 1 aliphatic carbocycles. The first-order chi connectivity index (χ1) is 12.5. The van der Waals surface area contributed by atoms with E-state index in [1.165, 1.54) is 34.6 Å². The summed E-state index contributed by atoms with van der Waals surface area (Å²) in [5.41, 5.74) is 3.73. The summed E-state index contributed by atoms with van der Waals surface area (Å²) >= 11 is 1.45. The molecule has 1 aliphatic rings. The van der Waals surface area contributed by atoms with Crippen molar-refractivity contribution >= 4 is 11.3 Å². The molecule has 2 nitrogen and oxygen atoms in total. The summed E-state index contributed by atoms with van der Waals surface area (Å²) in [6.45, 7) is 0.649. The molecule has 0 saturated heterocycles. The van der Waals surface area contributed by atoms with Crippen LogP contribution in [-0.2, 0) is 19.1 Å². The van der Waals surface area contributed by atoms with Gasteiger partial charge in [0.2, 0.25) is 0 Å². The van der Waals surface area contributed by atoms with Crippen molar-refractivity contribution in [3.05, 3.63) is 76.3 Å². The van der Waals surface area contributed by atoms with Crippen LogP contribution in [0.1, 0.15) is 34.8 Å². The second-order valence-corrected chi connectivity index (χ2v) is 7.25. The van der Waals surface area contributed by atoms with Crippen LogP contribution in [0.3, 0.4) is 0 Å². The number of hydrogen-bond donors (Lipinski definition) is 1. The van der Waals surface area contributed by atoms with Crippen LogP contribution in [0.15, 0.2) is 53.9 Å². The van der Waals surface area contributed by atoms with E-state index in [9.17, 15) is 13.2 Å². The van der Waals surface area contributed by atoms with Crippen molar-refractivity contribution in [3.63, 3.8) is 0 Å². The largest absolute Gasteiger partial charge is 0.416 e. The molecule has 1 N–H and O–H groups in total. The molecule has 1 heterocycles. The third kappa shape index (κ3) is 3.52. The number of nitrogens with zero attached hydrogens (tertiary/aromatic N) is 1. The molecule has 0 bridgehead atoms. The summed E-state index contributed by atoms with van der Waals surface area (Å²) in [4.78, 5) is 4.56. The number of benzene rings is 2. The van der Waals surface area contributed by atoms with E-state index in [-0.39, 0.29) is 0 Å². The number of nitrogens with one attached hydrogen (secondary N) is 1. The first-order valence-electron chi connectivity index (χ1n) is 8.44. The maximum Gasteiger partial charge on any atom is 0.416 e. The zero-order chi connectivity index (χ0) is 18.1. The Morgan fingerprint density at radius 3 is 2.62 bits per heavy atom. The first kappa shape index (κ1) is 17.2. The van der Waals surface area contributed by atoms with Crippen LogP contribution in [-0.4, -0.2) is 4.98 Å². The molecule has 0 aliphatic heterocycles. The van der Waals surface area contributed by atoms with Gasteiger partial charge in [0.15, 0.2) is 0 Å². The standard InChI is InChI=1S/C20H17F3N2S/c21-20(22,23)15-8-5-14(6-9-15)19-25-16(12-26-19)11-24-18-10-7-13-3-1-2-4-17(13)18/h1-6,8-9,12,18,24H,7,10-11H2. The van der Waals surface area contributed by atoms with Crippen LogP contribution >= 0.6 is 11.3 Å². The molecule has 26 heavy (non-hydrogen) atoms. The molecule has 1 atom stereocenters. The normalized spacial score (nSPS) is 16.7. The Kier molecular flexibility index (Phi) is 4.54. The van der Waals surface area contributed by atoms with E-state index in [1.807, 2.05) is 5.38 Å². The van der Waals surface area contributed by atoms with Gasteiger partial charge in [-0.2, -0.15) is 13.2 Å². The molecule has 4 rings (SSSR count). The lowest BCUT2D eigenvalue weighted by atomic mass is 10.1. The average molecular weight is 374 g/mol. The predicted molar refractivity (Wildman–Crippen MR) is 96.9 cm³/mol. The fourth-order valence-corrected chi connectivity index (χ4v) is 4.15. The highest BCUT2D eigenvalue weighted by Crippen LogP contribution is 2.33. The highest BCUT2D eigenvalue weighted by molar-refractivity contribution is 7.13. The van der Waals surface area contributed by atoms with Crippen molar-refractivity contribution in [2.24, 2.45) is 0 Å². The van der Waals surface area contributed by atoms with Crippen LogP contribution in [0.25, 0.3) is 10.6 Å². The average Bonchev–Trinajstić information content (AvgIpc) is 3.26. The number of hydrogen-bond acceptors (Lipinski definition) is 3. The number of aromatic nitrogens is 1. The van der Waals surface area contributed by atoms with E-state index in [2.05, 4.69) is 34.6 Å². The number of rotatable bonds is 4. The zero-order valence-electron chi connectivity index (χ0n) is 13.9. The fraction of sp³-hybridized carbons (Fsp3) is 0.250. The van der Waals surface area contributed by atoms with E-state index >= 15 is 0 Å². The van der Waals surface area contributed by atoms with Gasteiger partial charge < -0.3 is 5.32 Å². The number of halogens is 3. The van der Waals surface area contributed by atoms with E-state index < -0.39 is 11.7 Å². The van der Waals surface area contributed by atoms with Gasteiger partial charge in [0.1, 0.15) is 5.01 Å². The van der Waals surface area contributed by atoms with Crippen LogP contribution in [0, 0.1) is 0 Å². The van der Waals surface area contributed by atoms with Crippen molar-refractivity contribution in [1.29, 1.82) is 0 Å². The molecule has 134 valence electrons. The summed E-state index contributed by atoms with van der Waals surface area (Å²) in [6.07, 6.45) is -2.15. The summed E-state index contributed by atoms with van der Waals surface area (Å²) in [6, 6.07) is 14.0. The van der Waals surface area contributed by atoms with Gasteiger partial charge in [0.25, 0.3) is 0 Å². The quantitative estimate of drug-likeness (QED) is 0.642. The molecule has 2 aromatic carbocycles. The van der Waals surface area contributed by atoms with E-state index in [0.29, 0.717) is 18.2 Å². The minimum Gasteiger partial charge on any atom is -0.304 e. The van der Waals surface area contributed by atoms with Crippen molar-refractivity contribution < 1.29 is 13.2 Å². The van der Waals surface area contributed by atoms with Gasteiger partial charge in [-0.15, -0.1) is 11.3 Å². The van der Waals surface area contributed by atoms with Gasteiger partial charge in [0, 0.05) is 23.5 Å². The predicted octanol–water partition coefficient (Wildman–Crippen LogP) is 5.61. The first-order valence-corrected chi connectivity index (χ1v) is 9.32. The summed E-state index contributed by atoms with van der Waals surface area (Å²) in [5.74, 6) is 0. The molecular weight excluding hydrogens is 357 g/mol. The Morgan fingerprint density at radius 2 is 1.85 bits per heavy atom. The van der Waals surface area contributed by atoms with Crippen molar-refractivity contribution in [2.45, 2.75) is 31.6 Å². The lowest BCUT2D eigenvalue weighted by Gasteiger charge is -2.12. The maximum atomic E-state index is 12.7. The molecule has 0 fully saturated rings. The summed E-state index contributed by atoms with van der Waals surface area (Å²) < 4.78 is 38.0. The van der Waals surface area contributed by atoms with Gasteiger partial charge in [-0.25, -0.2) is 4.98 Å². The second kappa shape index (κ2) is 6.85. The third-order valence-electron chi connectivity index (χ3n) is 4.67. The maximum absolute atomic E-state index is 12.7. The molecule has 0 spiro atoms. The van der Waals surface area contributed by atoms with Crippen molar-refractivity contribution in [2.75, 3.05) is 0 Å². The van der Waals surface area contributed by atoms with Crippen molar-refractivity contribution in [3.8, 4) is 10.6 Å². The minimum atomic E-state index is -4.31. The Balaban J connectivity index is 1.42. The van der Waals surface area contributed by atoms with Crippen LogP contribution in [0.2, 0.25) is 0 Å². The number of thiazole rings is 1. The fourth-order valence-electron chi connectivity index (χ4n) is 3.32. The third-order valence-corrected chi connectivity index (χ3v) is 5.61. The van der Waals surface area contributed by atoms with Crippen molar-refractivity contribution in [1.82, 2.24) is 10.3 Å². The highest BCUT2D eigenvalue weighted by atomic mass is 32.1. The molecule has 3 aromatic rings. The van der Waals surface area contributed by atoms with Gasteiger partial charge in [0.05, 0.1) is 11.3 Å². The Bertz CT molecular complexity index is 900. The summed E-state index contributed by atoms with van der Waals surface area (Å²) in [7, 11) is 0. The van der Waals surface area contributed by atoms with Crippen LogP contribution in [0.4, 0.5) is 13.2 Å². The Hall–Kier alpha value is -2.18. The number of aryl methyl sites for hydroxylation is 1. The highest BCUT2D eigenvalue weighted by Gasteiger charge is 2.30. The SMILES string of the molecule is FC(F)(F)c1ccc(-c2nc(CNC3CCc4ccccc43)cs2)cc1. The van der Waals surface area contributed by atoms with Gasteiger partial charge >= 0.3 is 6.18 Å². The number of fused-ring (bicyclic) bond motifs is 1. The lowest BCUT2D eigenvalue weighted by molar-refractivity contribution is -0.137. The molecular formula is C20H17F3N2S. The summed E-state index contributed by atoms with van der Waals surface area (Å²) in [5, 5.41) is 6.24. The molecule has 0 saturated carbocycles. The molecule has 6 heteroatoms. The van der Waals surface area contributed by atoms with E-state index in [0.717, 1.165) is 35.7 Å². The minimum absolute atomic E-state index is 0.336. The molecule has 0 amide bonds. The topological polar surface area (TPSA) is 24.9 Å². The monoisotopic (exact) mass is 374 g/mol. The molecule has 1 aromatic heterocycles. The molecule has 1 unspecified atom stereocenters. The van der Waals surface area contributed by atoms with Gasteiger partial charge in [-0.1, -0.05) is 36.4 Å². The van der Waals surface area contributed by atoms with Gasteiger partial charge in [-0.05, 0) is 36.1 Å². The van der Waals surface area contributed by atoms with Gasteiger partial charge in [-0.3, -0.25) is 0 Å². The molecule has 0 radical (unpaired) electrons. The van der Waals surface area contributed by atoms with E-state index in [1.54, 1.807) is 0 Å². The second-order valence-electron chi connectivity index (χ2n) is 6.39. The number of alkyl halides is 3.